The summed E-state index contributed by atoms with van der Waals surface area (Å²) < 4.78 is 7.68. The highest BCUT2D eigenvalue weighted by Crippen LogP contribution is 2.20. The SMILES string of the molecule is Cc1ccccc1CN(CCCCOc1ccc2c(ccc(=O)n2C)c1)CCc1cccnc1. The Morgan fingerprint density at radius 2 is 1.85 bits per heavy atom. The van der Waals surface area contributed by atoms with E-state index in [1.54, 1.807) is 17.7 Å². The molecule has 0 aliphatic heterocycles. The van der Waals surface area contributed by atoms with Gasteiger partial charge in [-0.25, -0.2) is 0 Å². The van der Waals surface area contributed by atoms with Crippen LogP contribution in [0.15, 0.2) is 83.9 Å². The Bertz CT molecular complexity index is 1270. The fourth-order valence-electron chi connectivity index (χ4n) is 4.21. The maximum absolute atomic E-state index is 11.8. The van der Waals surface area contributed by atoms with Crippen LogP contribution >= 0.6 is 0 Å². The molecule has 0 N–H and O–H groups in total. The first-order valence-electron chi connectivity index (χ1n) is 12.0. The molecule has 0 amide bonds. The molecular formula is C29H33N3O2. The number of aromatic nitrogens is 2. The first-order valence-corrected chi connectivity index (χ1v) is 12.0. The molecule has 2 aromatic heterocycles. The number of nitrogens with zero attached hydrogens (tertiary/aromatic N) is 3. The molecule has 5 heteroatoms. The lowest BCUT2D eigenvalue weighted by Gasteiger charge is -2.23. The van der Waals surface area contributed by atoms with Crippen LogP contribution in [-0.4, -0.2) is 34.1 Å². The van der Waals surface area contributed by atoms with Gasteiger partial charge in [-0.05, 0) is 79.8 Å². The molecule has 2 heterocycles. The fourth-order valence-corrected chi connectivity index (χ4v) is 4.21. The highest BCUT2D eigenvalue weighted by Gasteiger charge is 2.09. The molecule has 34 heavy (non-hydrogen) atoms. The number of benzene rings is 2. The summed E-state index contributed by atoms with van der Waals surface area (Å²) in [6, 6.07) is 22.1. The molecule has 0 fully saturated rings. The Hall–Kier alpha value is -3.44. The lowest BCUT2D eigenvalue weighted by Crippen LogP contribution is -2.27. The Morgan fingerprint density at radius 1 is 0.971 bits per heavy atom. The minimum absolute atomic E-state index is 0.0000497. The van der Waals surface area contributed by atoms with Crippen molar-refractivity contribution in [1.29, 1.82) is 0 Å². The van der Waals surface area contributed by atoms with Crippen LogP contribution in [0.2, 0.25) is 0 Å². The number of aryl methyl sites for hydroxylation is 2. The van der Waals surface area contributed by atoms with Gasteiger partial charge in [0, 0.05) is 44.0 Å². The zero-order valence-electron chi connectivity index (χ0n) is 20.1. The van der Waals surface area contributed by atoms with Gasteiger partial charge in [0.1, 0.15) is 5.75 Å². The van der Waals surface area contributed by atoms with Crippen LogP contribution in [0.1, 0.15) is 29.5 Å². The lowest BCUT2D eigenvalue weighted by molar-refractivity contribution is 0.245. The van der Waals surface area contributed by atoms with E-state index < -0.39 is 0 Å². The largest absolute Gasteiger partial charge is 0.494 e. The molecule has 4 aromatic rings. The van der Waals surface area contributed by atoms with Crippen LogP contribution in [-0.2, 0) is 20.0 Å². The van der Waals surface area contributed by atoms with Gasteiger partial charge >= 0.3 is 0 Å². The van der Waals surface area contributed by atoms with E-state index >= 15 is 0 Å². The van der Waals surface area contributed by atoms with Gasteiger partial charge in [-0.2, -0.15) is 0 Å². The summed E-state index contributed by atoms with van der Waals surface area (Å²) in [4.78, 5) is 18.6. The van der Waals surface area contributed by atoms with E-state index in [4.69, 9.17) is 4.74 Å². The maximum atomic E-state index is 11.8. The van der Waals surface area contributed by atoms with Crippen molar-refractivity contribution in [1.82, 2.24) is 14.5 Å². The molecule has 0 aliphatic rings. The summed E-state index contributed by atoms with van der Waals surface area (Å²) >= 11 is 0. The van der Waals surface area contributed by atoms with E-state index in [2.05, 4.69) is 47.1 Å². The van der Waals surface area contributed by atoms with Crippen LogP contribution < -0.4 is 10.3 Å². The molecule has 0 unspecified atom stereocenters. The minimum Gasteiger partial charge on any atom is -0.494 e. The van der Waals surface area contributed by atoms with Gasteiger partial charge in [-0.1, -0.05) is 30.3 Å². The molecule has 176 valence electrons. The average molecular weight is 456 g/mol. The molecule has 0 bridgehead atoms. The predicted octanol–water partition coefficient (Wildman–Crippen LogP) is 5.15. The third kappa shape index (κ3) is 6.33. The summed E-state index contributed by atoms with van der Waals surface area (Å²) in [6.07, 6.45) is 6.84. The molecular weight excluding hydrogens is 422 g/mol. The van der Waals surface area contributed by atoms with Gasteiger partial charge in [-0.3, -0.25) is 14.7 Å². The molecule has 0 atom stereocenters. The van der Waals surface area contributed by atoms with Crippen molar-refractivity contribution in [2.75, 3.05) is 19.7 Å². The molecule has 0 saturated carbocycles. The highest BCUT2D eigenvalue weighted by atomic mass is 16.5. The van der Waals surface area contributed by atoms with Crippen molar-refractivity contribution in [3.05, 3.63) is 106 Å². The second-order valence-electron chi connectivity index (χ2n) is 8.82. The van der Waals surface area contributed by atoms with Crippen LogP contribution in [0, 0.1) is 6.92 Å². The number of hydrogen-bond acceptors (Lipinski definition) is 4. The highest BCUT2D eigenvalue weighted by molar-refractivity contribution is 5.80. The molecule has 4 rings (SSSR count). The van der Waals surface area contributed by atoms with Crippen LogP contribution in [0.4, 0.5) is 0 Å². The van der Waals surface area contributed by atoms with Gasteiger partial charge in [-0.15, -0.1) is 0 Å². The van der Waals surface area contributed by atoms with Crippen molar-refractivity contribution >= 4 is 10.9 Å². The zero-order valence-corrected chi connectivity index (χ0v) is 20.1. The third-order valence-electron chi connectivity index (χ3n) is 6.33. The van der Waals surface area contributed by atoms with E-state index in [0.29, 0.717) is 6.61 Å². The number of fused-ring (bicyclic) bond motifs is 1. The average Bonchev–Trinajstić information content (AvgIpc) is 2.86. The zero-order chi connectivity index (χ0) is 23.8. The van der Waals surface area contributed by atoms with E-state index in [1.165, 1.54) is 16.7 Å². The molecule has 5 nitrogen and oxygen atoms in total. The Balaban J connectivity index is 1.30. The summed E-state index contributed by atoms with van der Waals surface area (Å²) in [5, 5.41) is 1.01. The Kier molecular flexibility index (Phi) is 8.10. The number of ether oxygens (including phenoxy) is 1. The second-order valence-corrected chi connectivity index (χ2v) is 8.82. The third-order valence-corrected chi connectivity index (χ3v) is 6.33. The van der Waals surface area contributed by atoms with Gasteiger partial charge in [0.05, 0.1) is 12.1 Å². The van der Waals surface area contributed by atoms with Gasteiger partial charge in [0.15, 0.2) is 0 Å². The van der Waals surface area contributed by atoms with Crippen LogP contribution in [0.25, 0.3) is 10.9 Å². The van der Waals surface area contributed by atoms with Gasteiger partial charge in [0.2, 0.25) is 0 Å². The molecule has 2 aromatic carbocycles. The molecule has 0 spiro atoms. The second kappa shape index (κ2) is 11.6. The van der Waals surface area contributed by atoms with Crippen molar-refractivity contribution in [3.63, 3.8) is 0 Å². The summed E-state index contributed by atoms with van der Waals surface area (Å²) in [5.41, 5.74) is 4.91. The normalized spacial score (nSPS) is 11.3. The Morgan fingerprint density at radius 3 is 2.68 bits per heavy atom. The van der Waals surface area contributed by atoms with E-state index in [-0.39, 0.29) is 5.56 Å². The van der Waals surface area contributed by atoms with Crippen molar-refractivity contribution < 1.29 is 4.74 Å². The lowest BCUT2D eigenvalue weighted by atomic mass is 10.1. The van der Waals surface area contributed by atoms with Gasteiger partial charge < -0.3 is 9.30 Å². The van der Waals surface area contributed by atoms with E-state index in [1.807, 2.05) is 42.7 Å². The Labute approximate surface area is 201 Å². The predicted molar refractivity (Wildman–Crippen MR) is 138 cm³/mol. The van der Waals surface area contributed by atoms with Crippen LogP contribution in [0.5, 0.6) is 5.75 Å². The topological polar surface area (TPSA) is 47.4 Å². The standard InChI is InChI=1S/C29H33N3O2/c1-23-8-3-4-10-26(23)22-32(18-15-24-9-7-16-30-21-24)17-5-6-19-34-27-12-13-28-25(20-27)11-14-29(33)31(28)2/h3-4,7-14,16,20-21H,5-6,15,17-19,22H2,1-2H3. The van der Waals surface area contributed by atoms with Crippen molar-refractivity contribution in [2.24, 2.45) is 7.05 Å². The molecule has 0 aliphatic carbocycles. The number of pyridine rings is 2. The fraction of sp³-hybridized carbons (Fsp3) is 0.310. The summed E-state index contributed by atoms with van der Waals surface area (Å²) in [5.74, 6) is 0.847. The quantitative estimate of drug-likeness (QED) is 0.294. The first kappa shape index (κ1) is 23.7. The smallest absolute Gasteiger partial charge is 0.250 e. The van der Waals surface area contributed by atoms with Gasteiger partial charge in [0.25, 0.3) is 5.56 Å². The number of rotatable bonds is 11. The first-order chi connectivity index (χ1) is 16.6. The van der Waals surface area contributed by atoms with E-state index in [0.717, 1.165) is 55.5 Å². The minimum atomic E-state index is -0.0000497. The number of unbranched alkanes of at least 4 members (excludes halogenated alkanes) is 1. The molecule has 0 saturated heterocycles. The molecule has 0 radical (unpaired) electrons. The van der Waals surface area contributed by atoms with Crippen molar-refractivity contribution in [3.8, 4) is 5.75 Å². The van der Waals surface area contributed by atoms with Crippen LogP contribution in [0.3, 0.4) is 0 Å². The monoisotopic (exact) mass is 455 g/mol. The van der Waals surface area contributed by atoms with Crippen molar-refractivity contribution in [2.45, 2.75) is 32.7 Å². The van der Waals surface area contributed by atoms with E-state index in [9.17, 15) is 4.79 Å². The number of hydrogen-bond donors (Lipinski definition) is 0. The summed E-state index contributed by atoms with van der Waals surface area (Å²) in [6.45, 7) is 5.85. The summed E-state index contributed by atoms with van der Waals surface area (Å²) in [7, 11) is 1.79. The maximum Gasteiger partial charge on any atom is 0.250 e.